The maximum absolute atomic E-state index is 13.2. The number of pyridine rings is 2. The molecule has 0 saturated carbocycles. The highest BCUT2D eigenvalue weighted by Crippen LogP contribution is 2.09. The van der Waals surface area contributed by atoms with Crippen molar-refractivity contribution in [3.8, 4) is 0 Å². The van der Waals surface area contributed by atoms with Crippen molar-refractivity contribution < 1.29 is 4.39 Å². The summed E-state index contributed by atoms with van der Waals surface area (Å²) in [7, 11) is 0. The normalized spacial score (nSPS) is 10.1. The van der Waals surface area contributed by atoms with E-state index in [9.17, 15) is 4.39 Å². The summed E-state index contributed by atoms with van der Waals surface area (Å²) >= 11 is 0. The molecule has 4 heteroatoms. The maximum Gasteiger partial charge on any atom is 0.165 e. The molecule has 0 spiro atoms. The third kappa shape index (κ3) is 2.53. The van der Waals surface area contributed by atoms with Crippen molar-refractivity contribution in [3.05, 3.63) is 53.7 Å². The molecule has 0 atom stereocenters. The van der Waals surface area contributed by atoms with E-state index in [2.05, 4.69) is 15.3 Å². The Balaban J connectivity index is 2.02. The van der Waals surface area contributed by atoms with Gasteiger partial charge in [0.15, 0.2) is 11.6 Å². The molecule has 2 rings (SSSR count). The van der Waals surface area contributed by atoms with Crippen LogP contribution in [0.15, 0.2) is 36.7 Å². The van der Waals surface area contributed by atoms with Gasteiger partial charge in [-0.2, -0.15) is 0 Å². The van der Waals surface area contributed by atoms with Gasteiger partial charge in [0.2, 0.25) is 0 Å². The second-order valence-electron chi connectivity index (χ2n) is 3.51. The zero-order chi connectivity index (χ0) is 11.4. The fourth-order valence-electron chi connectivity index (χ4n) is 1.29. The molecule has 2 aromatic heterocycles. The summed E-state index contributed by atoms with van der Waals surface area (Å²) in [4.78, 5) is 8.11. The van der Waals surface area contributed by atoms with E-state index in [4.69, 9.17) is 0 Å². The maximum atomic E-state index is 13.2. The molecule has 2 aromatic rings. The van der Waals surface area contributed by atoms with Crippen LogP contribution in [-0.4, -0.2) is 9.97 Å². The second-order valence-corrected chi connectivity index (χ2v) is 3.51. The van der Waals surface area contributed by atoms with Gasteiger partial charge in [-0.1, -0.05) is 6.07 Å². The molecule has 0 bridgehead atoms. The summed E-state index contributed by atoms with van der Waals surface area (Å²) in [6, 6.07) is 6.81. The van der Waals surface area contributed by atoms with Gasteiger partial charge in [0.1, 0.15) is 0 Å². The predicted octanol–water partition coefficient (Wildman–Crippen LogP) is 2.54. The number of aryl methyl sites for hydroxylation is 1. The number of halogens is 1. The van der Waals surface area contributed by atoms with Crippen LogP contribution in [0.3, 0.4) is 0 Å². The fourth-order valence-corrected chi connectivity index (χ4v) is 1.29. The van der Waals surface area contributed by atoms with Crippen LogP contribution in [0.1, 0.15) is 11.3 Å². The van der Waals surface area contributed by atoms with Crippen molar-refractivity contribution in [2.75, 3.05) is 5.32 Å². The van der Waals surface area contributed by atoms with E-state index in [0.717, 1.165) is 11.3 Å². The van der Waals surface area contributed by atoms with E-state index in [-0.39, 0.29) is 11.6 Å². The summed E-state index contributed by atoms with van der Waals surface area (Å²) in [5.41, 5.74) is 1.96. The van der Waals surface area contributed by atoms with E-state index >= 15 is 0 Å². The van der Waals surface area contributed by atoms with E-state index in [1.165, 1.54) is 6.07 Å². The smallest absolute Gasteiger partial charge is 0.165 e. The van der Waals surface area contributed by atoms with Crippen molar-refractivity contribution in [2.45, 2.75) is 13.5 Å². The van der Waals surface area contributed by atoms with Crippen molar-refractivity contribution in [3.63, 3.8) is 0 Å². The fraction of sp³-hybridized carbons (Fsp3) is 0.167. The lowest BCUT2D eigenvalue weighted by Gasteiger charge is -2.05. The molecule has 0 fully saturated rings. The Morgan fingerprint density at radius 2 is 2.12 bits per heavy atom. The standard InChI is InChI=1S/C12H12FN3/c1-9-4-5-10(15-7-9)8-16-12-11(13)3-2-6-14-12/h2-7H,8H2,1H3,(H,14,16). The van der Waals surface area contributed by atoms with Crippen molar-refractivity contribution in [1.29, 1.82) is 0 Å². The molecule has 0 unspecified atom stereocenters. The summed E-state index contributed by atoms with van der Waals surface area (Å²) in [5.74, 6) is -0.0977. The molecular formula is C12H12FN3. The Kier molecular flexibility index (Phi) is 3.10. The first-order chi connectivity index (χ1) is 7.75. The van der Waals surface area contributed by atoms with Crippen LogP contribution in [0.4, 0.5) is 10.2 Å². The van der Waals surface area contributed by atoms with Gasteiger partial charge in [-0.25, -0.2) is 9.37 Å². The minimum absolute atomic E-state index is 0.255. The molecule has 2 heterocycles. The van der Waals surface area contributed by atoms with Crippen LogP contribution >= 0.6 is 0 Å². The first-order valence-corrected chi connectivity index (χ1v) is 5.01. The Hall–Kier alpha value is -1.97. The summed E-state index contributed by atoms with van der Waals surface area (Å²) in [6.45, 7) is 2.44. The quantitative estimate of drug-likeness (QED) is 0.858. The minimum atomic E-state index is -0.352. The number of hydrogen-bond acceptors (Lipinski definition) is 3. The van der Waals surface area contributed by atoms with Crippen molar-refractivity contribution >= 4 is 5.82 Å². The summed E-state index contributed by atoms with van der Waals surface area (Å²) < 4.78 is 13.2. The van der Waals surface area contributed by atoms with Gasteiger partial charge < -0.3 is 5.32 Å². The van der Waals surface area contributed by atoms with Crippen LogP contribution in [0.5, 0.6) is 0 Å². The lowest BCUT2D eigenvalue weighted by molar-refractivity contribution is 0.624. The Morgan fingerprint density at radius 3 is 2.81 bits per heavy atom. The molecule has 0 aliphatic rings. The van der Waals surface area contributed by atoms with Gasteiger partial charge in [-0.3, -0.25) is 4.98 Å². The monoisotopic (exact) mass is 217 g/mol. The van der Waals surface area contributed by atoms with Crippen LogP contribution in [0, 0.1) is 12.7 Å². The summed E-state index contributed by atoms with van der Waals surface area (Å²) in [5, 5.41) is 2.90. The SMILES string of the molecule is Cc1ccc(CNc2ncccc2F)nc1. The van der Waals surface area contributed by atoms with E-state index < -0.39 is 0 Å². The number of nitrogens with zero attached hydrogens (tertiary/aromatic N) is 2. The minimum Gasteiger partial charge on any atom is -0.362 e. The Morgan fingerprint density at radius 1 is 1.25 bits per heavy atom. The average molecular weight is 217 g/mol. The number of hydrogen-bond donors (Lipinski definition) is 1. The molecule has 3 nitrogen and oxygen atoms in total. The van der Waals surface area contributed by atoms with Crippen LogP contribution < -0.4 is 5.32 Å². The van der Waals surface area contributed by atoms with E-state index in [0.29, 0.717) is 6.54 Å². The number of rotatable bonds is 3. The number of aromatic nitrogens is 2. The summed E-state index contributed by atoms with van der Waals surface area (Å²) in [6.07, 6.45) is 3.33. The van der Waals surface area contributed by atoms with E-state index in [1.807, 2.05) is 19.1 Å². The first kappa shape index (κ1) is 10.5. The molecular weight excluding hydrogens is 205 g/mol. The third-order valence-electron chi connectivity index (χ3n) is 2.17. The lowest BCUT2D eigenvalue weighted by atomic mass is 10.3. The van der Waals surface area contributed by atoms with Gasteiger partial charge >= 0.3 is 0 Å². The van der Waals surface area contributed by atoms with Gasteiger partial charge in [0.05, 0.1) is 12.2 Å². The van der Waals surface area contributed by atoms with Crippen LogP contribution in [-0.2, 0) is 6.54 Å². The highest BCUT2D eigenvalue weighted by molar-refractivity contribution is 5.35. The molecule has 0 aromatic carbocycles. The molecule has 0 radical (unpaired) electrons. The largest absolute Gasteiger partial charge is 0.362 e. The highest BCUT2D eigenvalue weighted by atomic mass is 19.1. The molecule has 1 N–H and O–H groups in total. The van der Waals surface area contributed by atoms with E-state index in [1.54, 1.807) is 18.5 Å². The Bertz CT molecular complexity index is 468. The van der Waals surface area contributed by atoms with Crippen molar-refractivity contribution in [2.24, 2.45) is 0 Å². The number of nitrogens with one attached hydrogen (secondary N) is 1. The first-order valence-electron chi connectivity index (χ1n) is 5.01. The third-order valence-corrected chi connectivity index (χ3v) is 2.17. The molecule has 0 aliphatic carbocycles. The Labute approximate surface area is 93.4 Å². The van der Waals surface area contributed by atoms with Gasteiger partial charge in [-0.15, -0.1) is 0 Å². The van der Waals surface area contributed by atoms with Crippen molar-refractivity contribution in [1.82, 2.24) is 9.97 Å². The lowest BCUT2D eigenvalue weighted by Crippen LogP contribution is -2.04. The van der Waals surface area contributed by atoms with Crippen LogP contribution in [0.25, 0.3) is 0 Å². The zero-order valence-electron chi connectivity index (χ0n) is 8.94. The second kappa shape index (κ2) is 4.70. The molecule has 16 heavy (non-hydrogen) atoms. The number of anilines is 1. The van der Waals surface area contributed by atoms with Gasteiger partial charge in [-0.05, 0) is 30.7 Å². The highest BCUT2D eigenvalue weighted by Gasteiger charge is 2.01. The molecule has 0 aliphatic heterocycles. The predicted molar refractivity (Wildman–Crippen MR) is 60.5 cm³/mol. The van der Waals surface area contributed by atoms with Gasteiger partial charge in [0.25, 0.3) is 0 Å². The van der Waals surface area contributed by atoms with Crippen LogP contribution in [0.2, 0.25) is 0 Å². The molecule has 0 amide bonds. The zero-order valence-corrected chi connectivity index (χ0v) is 8.94. The molecule has 82 valence electrons. The molecule has 0 saturated heterocycles. The van der Waals surface area contributed by atoms with Gasteiger partial charge in [0, 0.05) is 12.4 Å². The average Bonchev–Trinajstić information content (AvgIpc) is 2.30. The topological polar surface area (TPSA) is 37.8 Å².